The van der Waals surface area contributed by atoms with E-state index >= 15 is 0 Å². The highest BCUT2D eigenvalue weighted by Gasteiger charge is 2.32. The second-order valence-electron chi connectivity index (χ2n) is 9.04. The topological polar surface area (TPSA) is 58.1 Å². The van der Waals surface area contributed by atoms with Gasteiger partial charge in [-0.15, -0.1) is 0 Å². The normalized spacial score (nSPS) is 15.7. The quantitative estimate of drug-likeness (QED) is 0.472. The summed E-state index contributed by atoms with van der Waals surface area (Å²) in [6, 6.07) is 12.0. The van der Waals surface area contributed by atoms with Crippen molar-refractivity contribution >= 4 is 22.6 Å². The molecule has 5 nitrogen and oxygen atoms in total. The van der Waals surface area contributed by atoms with Crippen molar-refractivity contribution in [3.05, 3.63) is 54.1 Å². The van der Waals surface area contributed by atoms with E-state index in [9.17, 15) is 9.18 Å². The third kappa shape index (κ3) is 4.59. The predicted octanol–water partition coefficient (Wildman–Crippen LogP) is 5.69. The molecule has 0 saturated heterocycles. The van der Waals surface area contributed by atoms with E-state index < -0.39 is 0 Å². The van der Waals surface area contributed by atoms with Gasteiger partial charge in [0.15, 0.2) is 0 Å². The van der Waals surface area contributed by atoms with Gasteiger partial charge in [-0.2, -0.15) is 0 Å². The van der Waals surface area contributed by atoms with Crippen molar-refractivity contribution in [2.24, 2.45) is 0 Å². The number of nitrogens with one attached hydrogen (secondary N) is 1. The van der Waals surface area contributed by atoms with Gasteiger partial charge in [0.05, 0.1) is 5.52 Å². The second-order valence-corrected chi connectivity index (χ2v) is 9.04. The van der Waals surface area contributed by atoms with Gasteiger partial charge in [0, 0.05) is 36.0 Å². The number of unbranched alkanes of at least 4 members (excludes halogenated alkanes) is 1. The summed E-state index contributed by atoms with van der Waals surface area (Å²) in [5.74, 6) is 0.726. The number of hydrogen-bond donors (Lipinski definition) is 1. The maximum absolute atomic E-state index is 14.7. The highest BCUT2D eigenvalue weighted by molar-refractivity contribution is 5.92. The molecule has 0 radical (unpaired) electrons. The average Bonchev–Trinajstić information content (AvgIpc) is 3.72. The number of fused-ring (bicyclic) bond motifs is 1. The van der Waals surface area contributed by atoms with Crippen molar-refractivity contribution in [3.63, 3.8) is 0 Å². The lowest BCUT2D eigenvalue weighted by Gasteiger charge is -2.23. The number of carbonyl (C=O) groups is 1. The SMILES string of the molecule is CCCCC(=O)N(Cc1cc(-c2ccc3ncnc(NC4CC4)c3c2)ccc1F)C1CC1. The molecule has 5 rings (SSSR count). The lowest BCUT2D eigenvalue weighted by Crippen LogP contribution is -2.32. The van der Waals surface area contributed by atoms with Gasteiger partial charge in [-0.05, 0) is 67.5 Å². The Morgan fingerprint density at radius 1 is 1.09 bits per heavy atom. The lowest BCUT2D eigenvalue weighted by atomic mass is 10.0. The highest BCUT2D eigenvalue weighted by atomic mass is 19.1. The van der Waals surface area contributed by atoms with E-state index in [2.05, 4.69) is 28.3 Å². The largest absolute Gasteiger partial charge is 0.367 e. The molecule has 0 unspecified atom stereocenters. The number of hydrogen-bond acceptors (Lipinski definition) is 4. The molecule has 0 aliphatic heterocycles. The summed E-state index contributed by atoms with van der Waals surface area (Å²) in [7, 11) is 0. The zero-order valence-corrected chi connectivity index (χ0v) is 18.5. The van der Waals surface area contributed by atoms with E-state index in [1.54, 1.807) is 12.4 Å². The van der Waals surface area contributed by atoms with Crippen LogP contribution in [-0.2, 0) is 11.3 Å². The van der Waals surface area contributed by atoms with Crippen LogP contribution in [0.25, 0.3) is 22.0 Å². The third-order valence-corrected chi connectivity index (χ3v) is 6.33. The number of anilines is 1. The van der Waals surface area contributed by atoms with E-state index in [4.69, 9.17) is 0 Å². The van der Waals surface area contributed by atoms with Crippen LogP contribution < -0.4 is 5.32 Å². The minimum Gasteiger partial charge on any atom is -0.367 e. The standard InChI is InChI=1S/C26H29FN4O/c1-2-3-4-25(32)31(21-9-10-21)15-19-13-17(5-11-23(19)27)18-6-12-24-22(14-18)26(29-16-28-24)30-20-7-8-20/h5-6,11-14,16,20-21H,2-4,7-10,15H2,1H3,(H,28,29,30). The Morgan fingerprint density at radius 3 is 2.62 bits per heavy atom. The Balaban J connectivity index is 1.44. The highest BCUT2D eigenvalue weighted by Crippen LogP contribution is 2.33. The van der Waals surface area contributed by atoms with Crippen LogP contribution in [0.4, 0.5) is 10.2 Å². The van der Waals surface area contributed by atoms with Crippen LogP contribution in [-0.4, -0.2) is 32.9 Å². The first-order valence-corrected chi connectivity index (χ1v) is 11.7. The smallest absolute Gasteiger partial charge is 0.223 e. The van der Waals surface area contributed by atoms with Crippen molar-refractivity contribution in [2.75, 3.05) is 5.32 Å². The van der Waals surface area contributed by atoms with Crippen LogP contribution in [0.5, 0.6) is 0 Å². The summed E-state index contributed by atoms with van der Waals surface area (Å²) in [6.07, 6.45) is 8.35. The summed E-state index contributed by atoms with van der Waals surface area (Å²) >= 11 is 0. The molecule has 32 heavy (non-hydrogen) atoms. The van der Waals surface area contributed by atoms with E-state index in [1.165, 1.54) is 18.9 Å². The van der Waals surface area contributed by atoms with Gasteiger partial charge >= 0.3 is 0 Å². The summed E-state index contributed by atoms with van der Waals surface area (Å²) in [5.41, 5.74) is 3.37. The Kier molecular flexibility index (Phi) is 5.77. The number of aromatic nitrogens is 2. The first kappa shape index (κ1) is 20.9. The summed E-state index contributed by atoms with van der Waals surface area (Å²) in [5, 5.41) is 4.45. The zero-order chi connectivity index (χ0) is 22.1. The Hall–Kier alpha value is -3.02. The van der Waals surface area contributed by atoms with Crippen LogP contribution in [0.2, 0.25) is 0 Å². The first-order chi connectivity index (χ1) is 15.6. The van der Waals surface area contributed by atoms with Gasteiger partial charge < -0.3 is 10.2 Å². The van der Waals surface area contributed by atoms with Gasteiger partial charge in [0.2, 0.25) is 5.91 Å². The third-order valence-electron chi connectivity index (χ3n) is 6.33. The molecule has 1 N–H and O–H groups in total. The van der Waals surface area contributed by atoms with E-state index in [0.717, 1.165) is 53.5 Å². The van der Waals surface area contributed by atoms with Crippen molar-refractivity contribution in [2.45, 2.75) is 70.5 Å². The first-order valence-electron chi connectivity index (χ1n) is 11.7. The molecule has 1 aromatic heterocycles. The molecule has 166 valence electrons. The molecule has 2 saturated carbocycles. The Labute approximate surface area is 188 Å². The molecule has 2 aromatic carbocycles. The molecule has 2 aliphatic rings. The minimum absolute atomic E-state index is 0.137. The number of rotatable bonds is 9. The van der Waals surface area contributed by atoms with Gasteiger partial charge in [-0.25, -0.2) is 14.4 Å². The maximum atomic E-state index is 14.7. The fourth-order valence-corrected chi connectivity index (χ4v) is 4.11. The predicted molar refractivity (Wildman–Crippen MR) is 125 cm³/mol. The Bertz CT molecular complexity index is 1140. The number of halogens is 1. The summed E-state index contributed by atoms with van der Waals surface area (Å²) < 4.78 is 14.7. The van der Waals surface area contributed by atoms with Crippen molar-refractivity contribution in [3.8, 4) is 11.1 Å². The van der Waals surface area contributed by atoms with Gasteiger partial charge in [-0.1, -0.05) is 25.5 Å². The van der Waals surface area contributed by atoms with Crippen LogP contribution >= 0.6 is 0 Å². The summed E-state index contributed by atoms with van der Waals surface area (Å²) in [6.45, 7) is 2.41. The molecule has 0 bridgehead atoms. The fourth-order valence-electron chi connectivity index (χ4n) is 4.11. The molecule has 6 heteroatoms. The molecule has 1 amide bonds. The summed E-state index contributed by atoms with van der Waals surface area (Å²) in [4.78, 5) is 23.4. The molecule has 1 heterocycles. The lowest BCUT2D eigenvalue weighted by molar-refractivity contribution is -0.132. The number of benzene rings is 2. The fraction of sp³-hybridized carbons (Fsp3) is 0.423. The van der Waals surface area contributed by atoms with Crippen LogP contribution in [0.15, 0.2) is 42.7 Å². The molecule has 2 aliphatic carbocycles. The molecular weight excluding hydrogens is 403 g/mol. The molecule has 3 aromatic rings. The Morgan fingerprint density at radius 2 is 1.88 bits per heavy atom. The van der Waals surface area contributed by atoms with Crippen LogP contribution in [0.1, 0.15) is 57.4 Å². The minimum atomic E-state index is -0.261. The van der Waals surface area contributed by atoms with Crippen molar-refractivity contribution in [1.29, 1.82) is 0 Å². The molecule has 0 atom stereocenters. The number of amides is 1. The van der Waals surface area contributed by atoms with Gasteiger partial charge in [0.25, 0.3) is 0 Å². The molecular formula is C26H29FN4O. The van der Waals surface area contributed by atoms with E-state index in [1.807, 2.05) is 23.1 Å². The monoisotopic (exact) mass is 432 g/mol. The van der Waals surface area contributed by atoms with E-state index in [0.29, 0.717) is 24.6 Å². The van der Waals surface area contributed by atoms with Gasteiger partial charge in [-0.3, -0.25) is 4.79 Å². The second kappa shape index (κ2) is 8.85. The molecule has 2 fully saturated rings. The molecule has 0 spiro atoms. The van der Waals surface area contributed by atoms with Crippen LogP contribution in [0, 0.1) is 5.82 Å². The van der Waals surface area contributed by atoms with Gasteiger partial charge in [0.1, 0.15) is 18.0 Å². The average molecular weight is 433 g/mol. The van der Waals surface area contributed by atoms with E-state index in [-0.39, 0.29) is 17.8 Å². The number of nitrogens with zero attached hydrogens (tertiary/aromatic N) is 3. The number of carbonyl (C=O) groups excluding carboxylic acids is 1. The van der Waals surface area contributed by atoms with Crippen molar-refractivity contribution < 1.29 is 9.18 Å². The maximum Gasteiger partial charge on any atom is 0.223 e. The zero-order valence-electron chi connectivity index (χ0n) is 18.5. The van der Waals surface area contributed by atoms with Crippen LogP contribution in [0.3, 0.4) is 0 Å². The van der Waals surface area contributed by atoms with Crippen molar-refractivity contribution in [1.82, 2.24) is 14.9 Å².